The van der Waals surface area contributed by atoms with Crippen LogP contribution in [0.15, 0.2) is 35.1 Å². The van der Waals surface area contributed by atoms with Gasteiger partial charge in [-0.1, -0.05) is 13.3 Å². The number of nitrogens with one attached hydrogen (secondary N) is 2. The van der Waals surface area contributed by atoms with Crippen LogP contribution >= 0.6 is 0 Å². The lowest BCUT2D eigenvalue weighted by molar-refractivity contribution is 0.0947. The van der Waals surface area contributed by atoms with Crippen molar-refractivity contribution in [2.24, 2.45) is 0 Å². The topological polar surface area (TPSA) is 74.8 Å². The molecular formula is C15H16FN3O2. The quantitative estimate of drug-likeness (QED) is 0.828. The summed E-state index contributed by atoms with van der Waals surface area (Å²) in [7, 11) is 0. The maximum Gasteiger partial charge on any atom is 0.346 e. The third-order valence-corrected chi connectivity index (χ3v) is 2.95. The molecule has 1 aromatic heterocycles. The fourth-order valence-corrected chi connectivity index (χ4v) is 1.82. The number of carbonyl (C=O) groups excluding carboxylic acids is 1. The van der Waals surface area contributed by atoms with E-state index >= 15 is 0 Å². The number of carbonyl (C=O) groups is 1. The molecule has 0 aliphatic heterocycles. The second kappa shape index (κ2) is 6.78. The predicted molar refractivity (Wildman–Crippen MR) is 77.5 cm³/mol. The molecule has 0 aliphatic carbocycles. The minimum absolute atomic E-state index is 0.144. The molecule has 0 fully saturated rings. The van der Waals surface area contributed by atoms with Crippen molar-refractivity contribution in [2.45, 2.75) is 19.8 Å². The maximum atomic E-state index is 12.9. The highest BCUT2D eigenvalue weighted by Crippen LogP contribution is 2.16. The Hall–Kier alpha value is -2.50. The van der Waals surface area contributed by atoms with Crippen LogP contribution in [-0.2, 0) is 0 Å². The molecule has 0 saturated carbocycles. The minimum atomic E-state index is -0.613. The number of hydrogen-bond donors (Lipinski definition) is 2. The van der Waals surface area contributed by atoms with E-state index in [0.717, 1.165) is 12.8 Å². The number of aromatic nitrogens is 2. The van der Waals surface area contributed by atoms with Gasteiger partial charge < -0.3 is 10.3 Å². The number of halogens is 1. The van der Waals surface area contributed by atoms with Gasteiger partial charge in [-0.25, -0.2) is 9.18 Å². The van der Waals surface area contributed by atoms with Crippen LogP contribution in [0.4, 0.5) is 4.39 Å². The second-order valence-corrected chi connectivity index (χ2v) is 4.60. The molecule has 110 valence electrons. The van der Waals surface area contributed by atoms with Gasteiger partial charge in [-0.3, -0.25) is 4.79 Å². The maximum absolute atomic E-state index is 12.9. The molecule has 0 radical (unpaired) electrons. The number of nitrogens with zero attached hydrogens (tertiary/aromatic N) is 1. The molecule has 0 unspecified atom stereocenters. The van der Waals surface area contributed by atoms with Gasteiger partial charge in [-0.2, -0.15) is 4.98 Å². The summed E-state index contributed by atoms with van der Waals surface area (Å²) in [5.74, 6) is -0.729. The third-order valence-electron chi connectivity index (χ3n) is 2.95. The molecule has 5 nitrogen and oxygen atoms in total. The normalized spacial score (nSPS) is 10.4. The molecule has 1 heterocycles. The highest BCUT2D eigenvalue weighted by atomic mass is 19.1. The van der Waals surface area contributed by atoms with Crippen LogP contribution in [-0.4, -0.2) is 22.4 Å². The van der Waals surface area contributed by atoms with Crippen molar-refractivity contribution >= 4 is 5.91 Å². The number of unbranched alkanes of at least 4 members (excludes halogenated alkanes) is 1. The van der Waals surface area contributed by atoms with Crippen molar-refractivity contribution in [2.75, 3.05) is 6.54 Å². The van der Waals surface area contributed by atoms with E-state index in [0.29, 0.717) is 17.8 Å². The van der Waals surface area contributed by atoms with Crippen molar-refractivity contribution in [3.8, 4) is 11.3 Å². The van der Waals surface area contributed by atoms with Crippen LogP contribution < -0.4 is 11.0 Å². The molecule has 0 aliphatic rings. The zero-order valence-corrected chi connectivity index (χ0v) is 11.6. The highest BCUT2D eigenvalue weighted by Gasteiger charge is 2.10. The molecule has 2 N–H and O–H groups in total. The Morgan fingerprint density at radius 2 is 2.05 bits per heavy atom. The summed E-state index contributed by atoms with van der Waals surface area (Å²) in [4.78, 5) is 29.7. The first kappa shape index (κ1) is 14.9. The van der Waals surface area contributed by atoms with Crippen molar-refractivity contribution < 1.29 is 9.18 Å². The number of hydrogen-bond acceptors (Lipinski definition) is 3. The molecule has 1 amide bonds. The predicted octanol–water partition coefficient (Wildman–Crippen LogP) is 2.11. The first-order chi connectivity index (χ1) is 10.1. The molecule has 0 bridgehead atoms. The fraction of sp³-hybridized carbons (Fsp3) is 0.267. The van der Waals surface area contributed by atoms with Gasteiger partial charge in [0.1, 0.15) is 11.5 Å². The van der Waals surface area contributed by atoms with Crippen LogP contribution in [0.3, 0.4) is 0 Å². The summed E-state index contributed by atoms with van der Waals surface area (Å²) in [5.41, 5.74) is 0.437. The van der Waals surface area contributed by atoms with Crippen LogP contribution in [0.2, 0.25) is 0 Å². The Kier molecular flexibility index (Phi) is 4.81. The molecule has 1 aromatic carbocycles. The summed E-state index contributed by atoms with van der Waals surface area (Å²) < 4.78 is 12.9. The fourth-order valence-electron chi connectivity index (χ4n) is 1.82. The number of H-pyrrole nitrogens is 1. The van der Waals surface area contributed by atoms with E-state index in [2.05, 4.69) is 15.3 Å². The van der Waals surface area contributed by atoms with Gasteiger partial charge in [0.05, 0.1) is 5.69 Å². The monoisotopic (exact) mass is 289 g/mol. The van der Waals surface area contributed by atoms with E-state index in [4.69, 9.17) is 0 Å². The molecule has 2 aromatic rings. The summed E-state index contributed by atoms with van der Waals surface area (Å²) >= 11 is 0. The Labute approximate surface area is 121 Å². The van der Waals surface area contributed by atoms with Gasteiger partial charge in [0.15, 0.2) is 0 Å². The molecule has 0 atom stereocenters. The standard InChI is InChI=1S/C15H16FN3O2/c1-2-3-8-17-14(20)13-9-12(18-15(21)19-13)10-4-6-11(16)7-5-10/h4-7,9H,2-3,8H2,1H3,(H,17,20)(H,18,19,21). The van der Waals surface area contributed by atoms with Gasteiger partial charge in [-0.05, 0) is 36.8 Å². The third kappa shape index (κ3) is 3.98. The Bertz CT molecular complexity index is 680. The molecule has 2 rings (SSSR count). The minimum Gasteiger partial charge on any atom is -0.351 e. The van der Waals surface area contributed by atoms with E-state index < -0.39 is 5.69 Å². The molecule has 21 heavy (non-hydrogen) atoms. The first-order valence-corrected chi connectivity index (χ1v) is 6.75. The highest BCUT2D eigenvalue weighted by molar-refractivity contribution is 5.93. The average Bonchev–Trinajstić information content (AvgIpc) is 2.47. The molecular weight excluding hydrogens is 273 g/mol. The van der Waals surface area contributed by atoms with Gasteiger partial charge in [0.2, 0.25) is 0 Å². The van der Waals surface area contributed by atoms with Crippen molar-refractivity contribution in [1.82, 2.24) is 15.3 Å². The lowest BCUT2D eigenvalue weighted by Crippen LogP contribution is -2.28. The molecule has 6 heteroatoms. The number of amides is 1. The SMILES string of the molecule is CCCCNC(=O)c1cc(-c2ccc(F)cc2)nc(=O)[nH]1. The lowest BCUT2D eigenvalue weighted by Gasteiger charge is -2.06. The lowest BCUT2D eigenvalue weighted by atomic mass is 10.1. The van der Waals surface area contributed by atoms with Gasteiger partial charge in [0, 0.05) is 12.1 Å². The van der Waals surface area contributed by atoms with Gasteiger partial charge >= 0.3 is 5.69 Å². The second-order valence-electron chi connectivity index (χ2n) is 4.60. The van der Waals surface area contributed by atoms with E-state index in [1.54, 1.807) is 0 Å². The Morgan fingerprint density at radius 3 is 2.71 bits per heavy atom. The number of aromatic amines is 1. The van der Waals surface area contributed by atoms with Crippen LogP contribution in [0.1, 0.15) is 30.3 Å². The summed E-state index contributed by atoms with van der Waals surface area (Å²) in [6, 6.07) is 7.06. The largest absolute Gasteiger partial charge is 0.351 e. The smallest absolute Gasteiger partial charge is 0.346 e. The van der Waals surface area contributed by atoms with Crippen LogP contribution in [0.25, 0.3) is 11.3 Å². The van der Waals surface area contributed by atoms with Gasteiger partial charge in [0.25, 0.3) is 5.91 Å². The Morgan fingerprint density at radius 1 is 1.33 bits per heavy atom. The summed E-state index contributed by atoms with van der Waals surface area (Å²) in [6.07, 6.45) is 1.83. The number of rotatable bonds is 5. The molecule has 0 saturated heterocycles. The van der Waals surface area contributed by atoms with E-state index in [1.807, 2.05) is 6.92 Å². The molecule has 0 spiro atoms. The zero-order valence-electron chi connectivity index (χ0n) is 11.6. The van der Waals surface area contributed by atoms with Gasteiger partial charge in [-0.15, -0.1) is 0 Å². The van der Waals surface area contributed by atoms with Crippen molar-refractivity contribution in [3.63, 3.8) is 0 Å². The van der Waals surface area contributed by atoms with Crippen molar-refractivity contribution in [1.29, 1.82) is 0 Å². The Balaban J connectivity index is 2.27. The number of benzene rings is 1. The van der Waals surface area contributed by atoms with Crippen LogP contribution in [0.5, 0.6) is 0 Å². The van der Waals surface area contributed by atoms with E-state index in [-0.39, 0.29) is 17.4 Å². The zero-order chi connectivity index (χ0) is 15.2. The van der Waals surface area contributed by atoms with Crippen LogP contribution in [0, 0.1) is 5.82 Å². The summed E-state index contributed by atoms with van der Waals surface area (Å²) in [5, 5.41) is 2.72. The van der Waals surface area contributed by atoms with Crippen molar-refractivity contribution in [3.05, 3.63) is 52.3 Å². The van der Waals surface area contributed by atoms with E-state index in [1.165, 1.54) is 30.3 Å². The van der Waals surface area contributed by atoms with E-state index in [9.17, 15) is 14.0 Å². The average molecular weight is 289 g/mol. The first-order valence-electron chi connectivity index (χ1n) is 6.75. The summed E-state index contributed by atoms with van der Waals surface area (Å²) in [6.45, 7) is 2.57.